The Morgan fingerprint density at radius 2 is 1.67 bits per heavy atom. The molecule has 0 amide bonds. The van der Waals surface area contributed by atoms with Crippen LogP contribution in [-0.2, 0) is 0 Å². The second-order valence-corrected chi connectivity index (χ2v) is 5.18. The van der Waals surface area contributed by atoms with Crippen LogP contribution in [0.15, 0.2) is 29.2 Å². The second kappa shape index (κ2) is 6.19. The number of rotatable bonds is 5. The molecule has 1 rings (SSSR count). The maximum Gasteiger partial charge on any atom is 0.0761 e. The Morgan fingerprint density at radius 1 is 1.13 bits per heavy atom. The molecule has 0 aliphatic rings. The fourth-order valence-electron chi connectivity index (χ4n) is 1.47. The van der Waals surface area contributed by atoms with Gasteiger partial charge in [-0.05, 0) is 37.5 Å². The van der Waals surface area contributed by atoms with Crippen LogP contribution in [-0.4, -0.2) is 10.4 Å². The summed E-state index contributed by atoms with van der Waals surface area (Å²) in [5.41, 5.74) is 0.990. The summed E-state index contributed by atoms with van der Waals surface area (Å²) < 4.78 is 0. The van der Waals surface area contributed by atoms with E-state index in [9.17, 15) is 5.11 Å². The zero-order chi connectivity index (χ0) is 11.3. The highest BCUT2D eigenvalue weighted by atomic mass is 32.2. The lowest BCUT2D eigenvalue weighted by atomic mass is 10.1. The fourth-order valence-corrected chi connectivity index (χ4v) is 2.48. The third-order valence-corrected chi connectivity index (χ3v) is 4.12. The summed E-state index contributed by atoms with van der Waals surface area (Å²) in [6.45, 7) is 6.25. The summed E-state index contributed by atoms with van der Waals surface area (Å²) in [4.78, 5) is 1.30. The molecule has 0 bridgehead atoms. The van der Waals surface area contributed by atoms with Gasteiger partial charge in [-0.1, -0.05) is 26.0 Å². The quantitative estimate of drug-likeness (QED) is 0.762. The van der Waals surface area contributed by atoms with E-state index in [4.69, 9.17) is 0 Å². The minimum absolute atomic E-state index is 0.364. The zero-order valence-electron chi connectivity index (χ0n) is 9.73. The van der Waals surface area contributed by atoms with E-state index >= 15 is 0 Å². The van der Waals surface area contributed by atoms with Crippen molar-refractivity contribution in [2.24, 2.45) is 0 Å². The van der Waals surface area contributed by atoms with Gasteiger partial charge >= 0.3 is 0 Å². The standard InChI is InChI=1S/C13H20OS/c1-4-12(5-2)15-13-8-6-11(7-9-13)10(3)14/h6-10,12,14H,4-5H2,1-3H3. The number of thioether (sulfide) groups is 1. The van der Waals surface area contributed by atoms with Crippen LogP contribution in [0.5, 0.6) is 0 Å². The maximum atomic E-state index is 9.38. The smallest absolute Gasteiger partial charge is 0.0761 e. The Kier molecular flexibility index (Phi) is 5.20. The van der Waals surface area contributed by atoms with Crippen LogP contribution in [0.2, 0.25) is 0 Å². The predicted octanol–water partition coefficient (Wildman–Crippen LogP) is 4.02. The molecular weight excluding hydrogens is 204 g/mol. The lowest BCUT2D eigenvalue weighted by Crippen LogP contribution is -1.97. The summed E-state index contributed by atoms with van der Waals surface area (Å²) in [6, 6.07) is 8.22. The van der Waals surface area contributed by atoms with Gasteiger partial charge in [-0.15, -0.1) is 11.8 Å². The lowest BCUT2D eigenvalue weighted by Gasteiger charge is -2.12. The summed E-state index contributed by atoms with van der Waals surface area (Å²) in [5.74, 6) is 0. The SMILES string of the molecule is CCC(CC)Sc1ccc(C(C)O)cc1. The first kappa shape index (κ1) is 12.6. The Bertz CT molecular complexity index is 275. The summed E-state index contributed by atoms with van der Waals surface area (Å²) in [6.07, 6.45) is 2.05. The molecule has 1 unspecified atom stereocenters. The van der Waals surface area contributed by atoms with Crippen molar-refractivity contribution in [3.8, 4) is 0 Å². The van der Waals surface area contributed by atoms with E-state index < -0.39 is 0 Å². The number of hydrogen-bond acceptors (Lipinski definition) is 2. The van der Waals surface area contributed by atoms with Crippen molar-refractivity contribution in [1.29, 1.82) is 0 Å². The third kappa shape index (κ3) is 3.88. The second-order valence-electron chi connectivity index (χ2n) is 3.80. The van der Waals surface area contributed by atoms with Crippen LogP contribution >= 0.6 is 11.8 Å². The van der Waals surface area contributed by atoms with Crippen LogP contribution < -0.4 is 0 Å². The highest BCUT2D eigenvalue weighted by Crippen LogP contribution is 2.28. The largest absolute Gasteiger partial charge is 0.389 e. The molecule has 1 atom stereocenters. The van der Waals surface area contributed by atoms with Crippen molar-refractivity contribution in [2.75, 3.05) is 0 Å². The van der Waals surface area contributed by atoms with E-state index in [1.165, 1.54) is 17.7 Å². The Balaban J connectivity index is 2.63. The molecule has 0 fully saturated rings. The van der Waals surface area contributed by atoms with E-state index in [1.807, 2.05) is 23.9 Å². The molecule has 15 heavy (non-hydrogen) atoms. The van der Waals surface area contributed by atoms with E-state index in [0.29, 0.717) is 5.25 Å². The van der Waals surface area contributed by atoms with E-state index in [0.717, 1.165) is 5.56 Å². The fraction of sp³-hybridized carbons (Fsp3) is 0.538. The number of benzene rings is 1. The summed E-state index contributed by atoms with van der Waals surface area (Å²) in [7, 11) is 0. The van der Waals surface area contributed by atoms with Gasteiger partial charge in [-0.2, -0.15) is 0 Å². The lowest BCUT2D eigenvalue weighted by molar-refractivity contribution is 0.199. The van der Waals surface area contributed by atoms with E-state index in [-0.39, 0.29) is 6.10 Å². The molecule has 1 N–H and O–H groups in total. The molecule has 0 spiro atoms. The van der Waals surface area contributed by atoms with Crippen LogP contribution in [0.1, 0.15) is 45.3 Å². The van der Waals surface area contributed by atoms with Gasteiger partial charge in [0.1, 0.15) is 0 Å². The number of hydrogen-bond donors (Lipinski definition) is 1. The molecule has 0 saturated carbocycles. The van der Waals surface area contributed by atoms with Crippen molar-refractivity contribution in [1.82, 2.24) is 0 Å². The van der Waals surface area contributed by atoms with E-state index in [2.05, 4.69) is 26.0 Å². The molecule has 0 aliphatic heterocycles. The number of aliphatic hydroxyl groups excluding tert-OH is 1. The molecule has 2 heteroatoms. The minimum Gasteiger partial charge on any atom is -0.389 e. The van der Waals surface area contributed by atoms with Crippen molar-refractivity contribution >= 4 is 11.8 Å². The Hall–Kier alpha value is -0.470. The molecule has 0 aliphatic carbocycles. The maximum absolute atomic E-state index is 9.38. The zero-order valence-corrected chi connectivity index (χ0v) is 10.6. The first-order valence-electron chi connectivity index (χ1n) is 5.62. The predicted molar refractivity (Wildman–Crippen MR) is 67.3 cm³/mol. The Labute approximate surface area is 96.9 Å². The molecule has 0 heterocycles. The highest BCUT2D eigenvalue weighted by molar-refractivity contribution is 8.00. The average molecular weight is 224 g/mol. The van der Waals surface area contributed by atoms with Gasteiger partial charge in [0.2, 0.25) is 0 Å². The average Bonchev–Trinajstić information content (AvgIpc) is 2.26. The van der Waals surface area contributed by atoms with Crippen LogP contribution in [0, 0.1) is 0 Å². The van der Waals surface area contributed by atoms with Gasteiger partial charge in [0.05, 0.1) is 6.10 Å². The van der Waals surface area contributed by atoms with Crippen LogP contribution in [0.25, 0.3) is 0 Å². The number of aliphatic hydroxyl groups is 1. The van der Waals surface area contributed by atoms with Crippen molar-refractivity contribution < 1.29 is 5.11 Å². The molecule has 0 aromatic heterocycles. The monoisotopic (exact) mass is 224 g/mol. The topological polar surface area (TPSA) is 20.2 Å². The molecule has 1 nitrogen and oxygen atoms in total. The van der Waals surface area contributed by atoms with Gasteiger partial charge in [-0.25, -0.2) is 0 Å². The third-order valence-electron chi connectivity index (χ3n) is 2.58. The van der Waals surface area contributed by atoms with Crippen molar-refractivity contribution in [3.05, 3.63) is 29.8 Å². The molecule has 84 valence electrons. The van der Waals surface area contributed by atoms with Gasteiger partial charge in [0.15, 0.2) is 0 Å². The van der Waals surface area contributed by atoms with Gasteiger partial charge in [0.25, 0.3) is 0 Å². The van der Waals surface area contributed by atoms with E-state index in [1.54, 1.807) is 6.92 Å². The van der Waals surface area contributed by atoms with Gasteiger partial charge < -0.3 is 5.11 Å². The first-order chi connectivity index (χ1) is 7.17. The van der Waals surface area contributed by atoms with Crippen molar-refractivity contribution in [3.63, 3.8) is 0 Å². The summed E-state index contributed by atoms with van der Waals surface area (Å²) >= 11 is 1.93. The van der Waals surface area contributed by atoms with Crippen molar-refractivity contribution in [2.45, 2.75) is 49.9 Å². The van der Waals surface area contributed by atoms with Gasteiger partial charge in [0, 0.05) is 10.1 Å². The molecule has 1 aromatic rings. The van der Waals surface area contributed by atoms with Crippen LogP contribution in [0.4, 0.5) is 0 Å². The minimum atomic E-state index is -0.364. The molecular formula is C13H20OS. The highest BCUT2D eigenvalue weighted by Gasteiger charge is 2.06. The molecule has 1 aromatic carbocycles. The van der Waals surface area contributed by atoms with Gasteiger partial charge in [-0.3, -0.25) is 0 Å². The first-order valence-corrected chi connectivity index (χ1v) is 6.50. The Morgan fingerprint density at radius 3 is 2.07 bits per heavy atom. The summed E-state index contributed by atoms with van der Waals surface area (Å²) in [5, 5.41) is 10.1. The molecule has 0 saturated heterocycles. The van der Waals surface area contributed by atoms with Crippen LogP contribution in [0.3, 0.4) is 0 Å². The normalized spacial score (nSPS) is 13.1. The molecule has 0 radical (unpaired) electrons.